The van der Waals surface area contributed by atoms with Crippen molar-refractivity contribution < 1.29 is 4.74 Å². The number of hydrogen-bond donors (Lipinski definition) is 0. The average Bonchev–Trinajstić information content (AvgIpc) is 2.66. The molecule has 3 heterocycles. The molecule has 1 unspecified atom stereocenters. The fourth-order valence-electron chi connectivity index (χ4n) is 2.10. The Hall–Kier alpha value is -1.13. The highest BCUT2D eigenvalue weighted by molar-refractivity contribution is 7.09. The summed E-state index contributed by atoms with van der Waals surface area (Å²) in [7, 11) is 0. The number of aryl methyl sites for hydroxylation is 2. The number of ether oxygens (including phenoxy) is 1. The summed E-state index contributed by atoms with van der Waals surface area (Å²) in [6.45, 7) is 2.00. The van der Waals surface area contributed by atoms with Gasteiger partial charge >= 0.3 is 0 Å². The van der Waals surface area contributed by atoms with E-state index in [1.807, 2.05) is 19.1 Å². The maximum Gasteiger partial charge on any atom is 0.218 e. The van der Waals surface area contributed by atoms with Crippen molar-refractivity contribution in [3.8, 4) is 5.88 Å². The number of pyridine rings is 1. The van der Waals surface area contributed by atoms with Crippen LogP contribution in [0.2, 0.25) is 5.15 Å². The topological polar surface area (TPSA) is 35.0 Å². The molecule has 0 bridgehead atoms. The SMILES string of the molecule is Cc1csc(C2CCCc3ccc(Cl)nc3O2)n1. The van der Waals surface area contributed by atoms with Gasteiger partial charge in [0.2, 0.25) is 5.88 Å². The van der Waals surface area contributed by atoms with E-state index in [0.29, 0.717) is 11.0 Å². The second kappa shape index (κ2) is 4.86. The highest BCUT2D eigenvalue weighted by Gasteiger charge is 2.22. The molecular formula is C13H13ClN2OS. The Morgan fingerprint density at radius 1 is 1.39 bits per heavy atom. The molecule has 1 aliphatic rings. The molecule has 0 fully saturated rings. The Balaban J connectivity index is 1.92. The van der Waals surface area contributed by atoms with E-state index in [1.165, 1.54) is 0 Å². The standard InChI is InChI=1S/C13H13ClN2OS/c1-8-7-18-13(15-8)10-4-2-3-9-5-6-11(14)16-12(9)17-10/h5-7,10H,2-4H2,1H3. The Labute approximate surface area is 115 Å². The summed E-state index contributed by atoms with van der Waals surface area (Å²) in [5.74, 6) is 0.665. The van der Waals surface area contributed by atoms with Crippen LogP contribution in [0.3, 0.4) is 0 Å². The van der Waals surface area contributed by atoms with Crippen LogP contribution in [-0.2, 0) is 6.42 Å². The van der Waals surface area contributed by atoms with Crippen molar-refractivity contribution in [2.75, 3.05) is 0 Å². The first kappa shape index (κ1) is 11.9. The molecule has 0 amide bonds. The van der Waals surface area contributed by atoms with Gasteiger partial charge in [-0.3, -0.25) is 0 Å². The molecule has 0 N–H and O–H groups in total. The molecule has 1 aliphatic heterocycles. The summed E-state index contributed by atoms with van der Waals surface area (Å²) < 4.78 is 5.99. The highest BCUT2D eigenvalue weighted by Crippen LogP contribution is 2.34. The second-order valence-electron chi connectivity index (χ2n) is 4.42. The van der Waals surface area contributed by atoms with E-state index in [0.717, 1.165) is 35.5 Å². The van der Waals surface area contributed by atoms with E-state index >= 15 is 0 Å². The summed E-state index contributed by atoms with van der Waals surface area (Å²) in [5, 5.41) is 3.56. The molecule has 0 aliphatic carbocycles. The largest absolute Gasteiger partial charge is 0.467 e. The second-order valence-corrected chi connectivity index (χ2v) is 5.70. The summed E-state index contributed by atoms with van der Waals surface area (Å²) in [6.07, 6.45) is 3.05. The number of fused-ring (bicyclic) bond motifs is 1. The number of nitrogens with zero attached hydrogens (tertiary/aromatic N) is 2. The molecule has 1 atom stereocenters. The van der Waals surface area contributed by atoms with Gasteiger partial charge in [0.25, 0.3) is 0 Å². The average molecular weight is 281 g/mol. The molecule has 0 radical (unpaired) electrons. The van der Waals surface area contributed by atoms with Crippen LogP contribution in [0.5, 0.6) is 5.88 Å². The van der Waals surface area contributed by atoms with Gasteiger partial charge in [-0.25, -0.2) is 9.97 Å². The molecule has 3 rings (SSSR count). The van der Waals surface area contributed by atoms with Gasteiger partial charge in [-0.05, 0) is 32.3 Å². The molecule has 0 aromatic carbocycles. The normalized spacial score (nSPS) is 18.9. The first-order chi connectivity index (χ1) is 8.72. The van der Waals surface area contributed by atoms with E-state index in [-0.39, 0.29) is 6.10 Å². The van der Waals surface area contributed by atoms with Gasteiger partial charge in [0.05, 0.1) is 0 Å². The molecule has 0 saturated heterocycles. The lowest BCUT2D eigenvalue weighted by atomic mass is 10.1. The van der Waals surface area contributed by atoms with E-state index in [9.17, 15) is 0 Å². The number of hydrogen-bond acceptors (Lipinski definition) is 4. The van der Waals surface area contributed by atoms with Crippen LogP contribution < -0.4 is 4.74 Å². The summed E-state index contributed by atoms with van der Waals surface area (Å²) >= 11 is 7.57. The Bertz CT molecular complexity index is 570. The molecule has 0 saturated carbocycles. The predicted molar refractivity (Wildman–Crippen MR) is 72.4 cm³/mol. The zero-order valence-corrected chi connectivity index (χ0v) is 11.6. The van der Waals surface area contributed by atoms with Crippen LogP contribution >= 0.6 is 22.9 Å². The predicted octanol–water partition coefficient (Wildman–Crippen LogP) is 3.96. The lowest BCUT2D eigenvalue weighted by Gasteiger charge is -2.14. The van der Waals surface area contributed by atoms with Crippen molar-refractivity contribution in [3.63, 3.8) is 0 Å². The third kappa shape index (κ3) is 2.35. The van der Waals surface area contributed by atoms with Gasteiger partial charge in [0.15, 0.2) is 6.10 Å². The molecule has 5 heteroatoms. The minimum atomic E-state index is 0.0101. The third-order valence-electron chi connectivity index (χ3n) is 2.98. The van der Waals surface area contributed by atoms with Crippen LogP contribution in [0.25, 0.3) is 0 Å². The quantitative estimate of drug-likeness (QED) is 0.742. The fourth-order valence-corrected chi connectivity index (χ4v) is 3.10. The van der Waals surface area contributed by atoms with Crippen LogP contribution in [-0.4, -0.2) is 9.97 Å². The van der Waals surface area contributed by atoms with Crippen molar-refractivity contribution in [2.45, 2.75) is 32.3 Å². The van der Waals surface area contributed by atoms with Gasteiger partial charge in [-0.1, -0.05) is 17.7 Å². The van der Waals surface area contributed by atoms with Crippen LogP contribution in [0.1, 0.15) is 35.2 Å². The highest BCUT2D eigenvalue weighted by atomic mass is 35.5. The molecule has 0 spiro atoms. The molecule has 3 nitrogen and oxygen atoms in total. The number of halogens is 1. The molecule has 2 aromatic rings. The zero-order chi connectivity index (χ0) is 12.5. The van der Waals surface area contributed by atoms with Crippen molar-refractivity contribution in [3.05, 3.63) is 38.9 Å². The van der Waals surface area contributed by atoms with Gasteiger partial charge in [-0.15, -0.1) is 11.3 Å². The number of aromatic nitrogens is 2. The van der Waals surface area contributed by atoms with Crippen LogP contribution in [0.4, 0.5) is 0 Å². The van der Waals surface area contributed by atoms with E-state index in [4.69, 9.17) is 16.3 Å². The first-order valence-corrected chi connectivity index (χ1v) is 7.22. The van der Waals surface area contributed by atoms with Gasteiger partial charge < -0.3 is 4.74 Å². The summed E-state index contributed by atoms with van der Waals surface area (Å²) in [6, 6.07) is 3.82. The number of thiazole rings is 1. The molecule has 94 valence electrons. The summed E-state index contributed by atoms with van der Waals surface area (Å²) in [5.41, 5.74) is 2.18. The van der Waals surface area contributed by atoms with E-state index in [2.05, 4.69) is 15.3 Å². The first-order valence-electron chi connectivity index (χ1n) is 5.96. The monoisotopic (exact) mass is 280 g/mol. The third-order valence-corrected chi connectivity index (χ3v) is 4.25. The summed E-state index contributed by atoms with van der Waals surface area (Å²) in [4.78, 5) is 8.78. The smallest absolute Gasteiger partial charge is 0.218 e. The maximum atomic E-state index is 5.99. The lowest BCUT2D eigenvalue weighted by Crippen LogP contribution is -2.07. The minimum Gasteiger partial charge on any atom is -0.467 e. The van der Waals surface area contributed by atoms with Gasteiger partial charge in [0.1, 0.15) is 10.2 Å². The maximum absolute atomic E-state index is 5.99. The Morgan fingerprint density at radius 2 is 2.28 bits per heavy atom. The number of rotatable bonds is 1. The minimum absolute atomic E-state index is 0.0101. The van der Waals surface area contributed by atoms with E-state index < -0.39 is 0 Å². The molecule has 18 heavy (non-hydrogen) atoms. The fraction of sp³-hybridized carbons (Fsp3) is 0.385. The van der Waals surface area contributed by atoms with Gasteiger partial charge in [0, 0.05) is 16.6 Å². The van der Waals surface area contributed by atoms with E-state index in [1.54, 1.807) is 11.3 Å². The van der Waals surface area contributed by atoms with Crippen molar-refractivity contribution in [1.29, 1.82) is 0 Å². The van der Waals surface area contributed by atoms with Crippen LogP contribution in [0.15, 0.2) is 17.5 Å². The molecule has 2 aromatic heterocycles. The van der Waals surface area contributed by atoms with Crippen molar-refractivity contribution in [1.82, 2.24) is 9.97 Å². The lowest BCUT2D eigenvalue weighted by molar-refractivity contribution is 0.191. The Morgan fingerprint density at radius 3 is 3.06 bits per heavy atom. The Kier molecular flexibility index (Phi) is 3.22. The van der Waals surface area contributed by atoms with Gasteiger partial charge in [-0.2, -0.15) is 0 Å². The van der Waals surface area contributed by atoms with Crippen molar-refractivity contribution >= 4 is 22.9 Å². The van der Waals surface area contributed by atoms with Crippen molar-refractivity contribution in [2.24, 2.45) is 0 Å². The zero-order valence-electron chi connectivity index (χ0n) is 10.0. The van der Waals surface area contributed by atoms with Crippen LogP contribution in [0, 0.1) is 6.92 Å². The molecular weight excluding hydrogens is 268 g/mol.